The summed E-state index contributed by atoms with van der Waals surface area (Å²) in [7, 11) is -3.37. The highest BCUT2D eigenvalue weighted by molar-refractivity contribution is 7.91. The van der Waals surface area contributed by atoms with Gasteiger partial charge in [-0.1, -0.05) is 78.9 Å². The normalized spacial score (nSPS) is 11.2. The van der Waals surface area contributed by atoms with Crippen molar-refractivity contribution in [2.24, 2.45) is 0 Å². The highest BCUT2D eigenvalue weighted by Crippen LogP contribution is 2.15. The molecule has 3 rings (SSSR count). The molecule has 4 nitrogen and oxygen atoms in total. The molecule has 0 unspecified atom stereocenters. The van der Waals surface area contributed by atoms with Crippen molar-refractivity contribution in [3.8, 4) is 0 Å². The minimum atomic E-state index is -3.37. The number of carbonyl (C=O) groups is 1. The smallest absolute Gasteiger partial charge is 0.223 e. The third-order valence-electron chi connectivity index (χ3n) is 4.69. The molecule has 5 heteroatoms. The van der Waals surface area contributed by atoms with E-state index in [0.29, 0.717) is 24.4 Å². The highest BCUT2D eigenvalue weighted by atomic mass is 32.2. The summed E-state index contributed by atoms with van der Waals surface area (Å²) in [6.07, 6.45) is 0.502. The molecule has 0 atom stereocenters. The Morgan fingerprint density at radius 2 is 1.14 bits per heavy atom. The predicted molar refractivity (Wildman–Crippen MR) is 115 cm³/mol. The SMILES string of the molecule is O=C(CCCS(=O)(=O)c1ccccc1)N(Cc1ccccc1)Cc1ccccc1. The van der Waals surface area contributed by atoms with Gasteiger partial charge in [-0.15, -0.1) is 0 Å². The summed E-state index contributed by atoms with van der Waals surface area (Å²) in [5.41, 5.74) is 2.10. The molecule has 0 heterocycles. The standard InChI is InChI=1S/C24H25NO3S/c26-24(17-10-18-29(27,28)23-15-8-3-9-16-23)25(19-21-11-4-1-5-12-21)20-22-13-6-2-7-14-22/h1-9,11-16H,10,17-20H2. The van der Waals surface area contributed by atoms with Gasteiger partial charge in [0.1, 0.15) is 0 Å². The molecule has 0 saturated heterocycles. The van der Waals surface area contributed by atoms with E-state index in [1.807, 2.05) is 60.7 Å². The van der Waals surface area contributed by atoms with Gasteiger partial charge in [-0.2, -0.15) is 0 Å². The van der Waals surface area contributed by atoms with Crippen molar-refractivity contribution in [1.29, 1.82) is 0 Å². The number of rotatable bonds is 9. The van der Waals surface area contributed by atoms with E-state index in [4.69, 9.17) is 0 Å². The number of sulfone groups is 1. The van der Waals surface area contributed by atoms with Crippen molar-refractivity contribution in [2.75, 3.05) is 5.75 Å². The van der Waals surface area contributed by atoms with E-state index in [9.17, 15) is 13.2 Å². The third-order valence-corrected chi connectivity index (χ3v) is 6.51. The Hall–Kier alpha value is -2.92. The molecule has 0 spiro atoms. The fourth-order valence-electron chi connectivity index (χ4n) is 3.16. The Morgan fingerprint density at radius 3 is 1.62 bits per heavy atom. The summed E-state index contributed by atoms with van der Waals surface area (Å²) in [4.78, 5) is 15.0. The van der Waals surface area contributed by atoms with Crippen LogP contribution in [-0.2, 0) is 27.7 Å². The molecule has 0 saturated carbocycles. The maximum absolute atomic E-state index is 12.9. The van der Waals surface area contributed by atoms with Gasteiger partial charge in [-0.3, -0.25) is 4.79 Å². The van der Waals surface area contributed by atoms with Crippen LogP contribution < -0.4 is 0 Å². The summed E-state index contributed by atoms with van der Waals surface area (Å²) in [6, 6.07) is 28.0. The Bertz CT molecular complexity index is 962. The van der Waals surface area contributed by atoms with Crippen LogP contribution in [0.4, 0.5) is 0 Å². The maximum atomic E-state index is 12.9. The van der Waals surface area contributed by atoms with Crippen molar-refractivity contribution < 1.29 is 13.2 Å². The van der Waals surface area contributed by atoms with Crippen LogP contribution in [0, 0.1) is 0 Å². The number of benzene rings is 3. The quantitative estimate of drug-likeness (QED) is 0.526. The first-order valence-corrected chi connectivity index (χ1v) is 11.3. The first kappa shape index (κ1) is 20.8. The van der Waals surface area contributed by atoms with Gasteiger partial charge in [-0.25, -0.2) is 8.42 Å². The number of hydrogen-bond donors (Lipinski definition) is 0. The third kappa shape index (κ3) is 6.29. The lowest BCUT2D eigenvalue weighted by Gasteiger charge is -2.23. The van der Waals surface area contributed by atoms with Crippen LogP contribution in [0.3, 0.4) is 0 Å². The van der Waals surface area contributed by atoms with Crippen LogP contribution in [-0.4, -0.2) is 25.0 Å². The lowest BCUT2D eigenvalue weighted by molar-refractivity contribution is -0.132. The largest absolute Gasteiger partial charge is 0.334 e. The molecular formula is C24H25NO3S. The molecular weight excluding hydrogens is 382 g/mol. The second-order valence-electron chi connectivity index (χ2n) is 6.96. The first-order valence-electron chi connectivity index (χ1n) is 9.68. The van der Waals surface area contributed by atoms with Crippen LogP contribution >= 0.6 is 0 Å². The molecule has 1 amide bonds. The van der Waals surface area contributed by atoms with Crippen LogP contribution in [0.5, 0.6) is 0 Å². The average molecular weight is 408 g/mol. The van der Waals surface area contributed by atoms with Gasteiger partial charge in [0.2, 0.25) is 5.91 Å². The van der Waals surface area contributed by atoms with Crippen LogP contribution in [0.25, 0.3) is 0 Å². The molecule has 0 aliphatic carbocycles. The fourth-order valence-corrected chi connectivity index (χ4v) is 4.49. The number of amides is 1. The summed E-state index contributed by atoms with van der Waals surface area (Å²) in [5.74, 6) is -0.0752. The Balaban J connectivity index is 1.64. The van der Waals surface area contributed by atoms with Gasteiger partial charge in [-0.05, 0) is 29.7 Å². The van der Waals surface area contributed by atoms with Crippen molar-refractivity contribution in [2.45, 2.75) is 30.8 Å². The second-order valence-corrected chi connectivity index (χ2v) is 9.07. The minimum absolute atomic E-state index is 0.0345. The van der Waals surface area contributed by atoms with Crippen LogP contribution in [0.1, 0.15) is 24.0 Å². The zero-order chi connectivity index (χ0) is 20.5. The second kappa shape index (κ2) is 10.0. The summed E-state index contributed by atoms with van der Waals surface area (Å²) < 4.78 is 24.9. The number of hydrogen-bond acceptors (Lipinski definition) is 3. The predicted octanol–water partition coefficient (Wildman–Crippen LogP) is 4.47. The molecule has 0 fully saturated rings. The first-order chi connectivity index (χ1) is 14.0. The van der Waals surface area contributed by atoms with E-state index in [2.05, 4.69) is 0 Å². The van der Waals surface area contributed by atoms with Gasteiger partial charge in [0.25, 0.3) is 0 Å². The molecule has 150 valence electrons. The van der Waals surface area contributed by atoms with Crippen molar-refractivity contribution >= 4 is 15.7 Å². The van der Waals surface area contributed by atoms with Crippen molar-refractivity contribution in [1.82, 2.24) is 4.90 Å². The minimum Gasteiger partial charge on any atom is -0.334 e. The summed E-state index contributed by atoms with van der Waals surface area (Å²) in [5, 5.41) is 0. The molecule has 3 aromatic rings. The van der Waals surface area contributed by atoms with Crippen molar-refractivity contribution in [3.05, 3.63) is 102 Å². The average Bonchev–Trinajstić information content (AvgIpc) is 2.75. The number of nitrogens with zero attached hydrogens (tertiary/aromatic N) is 1. The van der Waals surface area contributed by atoms with Crippen molar-refractivity contribution in [3.63, 3.8) is 0 Å². The molecule has 0 bridgehead atoms. The van der Waals surface area contributed by atoms with Gasteiger partial charge < -0.3 is 4.90 Å². The van der Waals surface area contributed by atoms with E-state index in [-0.39, 0.29) is 18.1 Å². The molecule has 0 aliphatic heterocycles. The molecule has 0 aliphatic rings. The molecule has 0 N–H and O–H groups in total. The van der Waals surface area contributed by atoms with E-state index in [1.165, 1.54) is 0 Å². The fraction of sp³-hybridized carbons (Fsp3) is 0.208. The van der Waals surface area contributed by atoms with E-state index in [1.54, 1.807) is 35.2 Å². The number of carbonyl (C=O) groups excluding carboxylic acids is 1. The van der Waals surface area contributed by atoms with Gasteiger partial charge in [0, 0.05) is 19.5 Å². The molecule has 0 aromatic heterocycles. The summed E-state index contributed by atoms with van der Waals surface area (Å²) >= 11 is 0. The molecule has 3 aromatic carbocycles. The van der Waals surface area contributed by atoms with Gasteiger partial charge >= 0.3 is 0 Å². The Morgan fingerprint density at radius 1 is 0.690 bits per heavy atom. The molecule has 0 radical (unpaired) electrons. The van der Waals surface area contributed by atoms with Crippen LogP contribution in [0.15, 0.2) is 95.9 Å². The monoisotopic (exact) mass is 407 g/mol. The van der Waals surface area contributed by atoms with Gasteiger partial charge in [0.05, 0.1) is 10.6 Å². The Kier molecular flexibility index (Phi) is 7.19. The zero-order valence-corrected chi connectivity index (χ0v) is 17.1. The van der Waals surface area contributed by atoms with E-state index < -0.39 is 9.84 Å². The lowest BCUT2D eigenvalue weighted by atomic mass is 10.1. The lowest BCUT2D eigenvalue weighted by Crippen LogP contribution is -2.30. The maximum Gasteiger partial charge on any atom is 0.223 e. The van der Waals surface area contributed by atoms with E-state index in [0.717, 1.165) is 11.1 Å². The van der Waals surface area contributed by atoms with E-state index >= 15 is 0 Å². The highest BCUT2D eigenvalue weighted by Gasteiger charge is 2.18. The summed E-state index contributed by atoms with van der Waals surface area (Å²) in [6.45, 7) is 1.00. The topological polar surface area (TPSA) is 54.5 Å². The Labute approximate surface area is 172 Å². The van der Waals surface area contributed by atoms with Gasteiger partial charge in [0.15, 0.2) is 9.84 Å². The van der Waals surface area contributed by atoms with Crippen LogP contribution in [0.2, 0.25) is 0 Å². The molecule has 29 heavy (non-hydrogen) atoms. The zero-order valence-electron chi connectivity index (χ0n) is 16.3.